The predicted octanol–water partition coefficient (Wildman–Crippen LogP) is 2.37. The topological polar surface area (TPSA) is 38.3 Å². The van der Waals surface area contributed by atoms with Crippen LogP contribution in [0.25, 0.3) is 0 Å². The SMILES string of the molecule is CCC1(NC(=O)c2cccc(OC)c2)CC1. The molecule has 0 unspecified atom stereocenters. The number of rotatable bonds is 4. The first kappa shape index (κ1) is 11.0. The minimum Gasteiger partial charge on any atom is -0.497 e. The van der Waals surface area contributed by atoms with Crippen molar-refractivity contribution in [2.45, 2.75) is 31.7 Å². The third-order valence-electron chi connectivity index (χ3n) is 3.24. The van der Waals surface area contributed by atoms with Crippen LogP contribution in [0.5, 0.6) is 5.75 Å². The van der Waals surface area contributed by atoms with Gasteiger partial charge in [-0.2, -0.15) is 0 Å². The zero-order valence-corrected chi connectivity index (χ0v) is 9.75. The van der Waals surface area contributed by atoms with Crippen LogP contribution >= 0.6 is 0 Å². The number of amides is 1. The average molecular weight is 219 g/mol. The van der Waals surface area contributed by atoms with Crippen molar-refractivity contribution < 1.29 is 9.53 Å². The standard InChI is InChI=1S/C13H17NO2/c1-3-13(7-8-13)14-12(15)10-5-4-6-11(9-10)16-2/h4-6,9H,3,7-8H2,1-2H3,(H,14,15). The zero-order valence-electron chi connectivity index (χ0n) is 9.75. The monoisotopic (exact) mass is 219 g/mol. The maximum Gasteiger partial charge on any atom is 0.251 e. The molecule has 1 aliphatic carbocycles. The molecule has 86 valence electrons. The summed E-state index contributed by atoms with van der Waals surface area (Å²) >= 11 is 0. The van der Waals surface area contributed by atoms with Gasteiger partial charge in [-0.15, -0.1) is 0 Å². The molecule has 0 bridgehead atoms. The summed E-state index contributed by atoms with van der Waals surface area (Å²) in [7, 11) is 1.60. The van der Waals surface area contributed by atoms with E-state index in [2.05, 4.69) is 12.2 Å². The summed E-state index contributed by atoms with van der Waals surface area (Å²) in [5.74, 6) is 0.715. The number of hydrogen-bond donors (Lipinski definition) is 1. The van der Waals surface area contributed by atoms with Gasteiger partial charge in [-0.3, -0.25) is 4.79 Å². The lowest BCUT2D eigenvalue weighted by Gasteiger charge is -2.15. The molecule has 0 atom stereocenters. The third-order valence-corrected chi connectivity index (χ3v) is 3.24. The Kier molecular flexibility index (Phi) is 2.86. The largest absolute Gasteiger partial charge is 0.497 e. The molecule has 0 saturated heterocycles. The Bertz CT molecular complexity index is 397. The molecular weight excluding hydrogens is 202 g/mol. The lowest BCUT2D eigenvalue weighted by atomic mass is 10.1. The zero-order chi connectivity index (χ0) is 11.6. The van der Waals surface area contributed by atoms with E-state index in [1.165, 1.54) is 0 Å². The Morgan fingerprint density at radius 3 is 2.81 bits per heavy atom. The molecule has 1 fully saturated rings. The second kappa shape index (κ2) is 4.16. The highest BCUT2D eigenvalue weighted by Gasteiger charge is 2.42. The fraction of sp³-hybridized carbons (Fsp3) is 0.462. The molecule has 0 aliphatic heterocycles. The molecule has 2 rings (SSSR count). The molecule has 0 heterocycles. The van der Waals surface area contributed by atoms with E-state index in [1.54, 1.807) is 13.2 Å². The summed E-state index contributed by atoms with van der Waals surface area (Å²) in [6.07, 6.45) is 3.20. The van der Waals surface area contributed by atoms with E-state index in [0.717, 1.165) is 19.3 Å². The first-order valence-corrected chi connectivity index (χ1v) is 5.66. The molecule has 0 spiro atoms. The molecule has 3 nitrogen and oxygen atoms in total. The number of carbonyl (C=O) groups excluding carboxylic acids is 1. The van der Waals surface area contributed by atoms with Crippen LogP contribution in [-0.4, -0.2) is 18.6 Å². The number of benzene rings is 1. The molecule has 16 heavy (non-hydrogen) atoms. The maximum absolute atomic E-state index is 12.0. The number of carbonyl (C=O) groups is 1. The van der Waals surface area contributed by atoms with Crippen molar-refractivity contribution in [2.24, 2.45) is 0 Å². The quantitative estimate of drug-likeness (QED) is 0.844. The maximum atomic E-state index is 12.0. The molecule has 3 heteroatoms. The summed E-state index contributed by atoms with van der Waals surface area (Å²) in [6, 6.07) is 7.24. The van der Waals surface area contributed by atoms with Gasteiger partial charge in [0.15, 0.2) is 0 Å². The fourth-order valence-electron chi connectivity index (χ4n) is 1.80. The predicted molar refractivity (Wildman–Crippen MR) is 62.7 cm³/mol. The van der Waals surface area contributed by atoms with Gasteiger partial charge in [-0.25, -0.2) is 0 Å². The van der Waals surface area contributed by atoms with Crippen LogP contribution in [-0.2, 0) is 0 Å². The number of methoxy groups -OCH3 is 1. The van der Waals surface area contributed by atoms with Gasteiger partial charge in [0.25, 0.3) is 5.91 Å². The van der Waals surface area contributed by atoms with Crippen LogP contribution in [0.3, 0.4) is 0 Å². The summed E-state index contributed by atoms with van der Waals surface area (Å²) in [4.78, 5) is 12.0. The number of ether oxygens (including phenoxy) is 1. The van der Waals surface area contributed by atoms with Crippen LogP contribution < -0.4 is 10.1 Å². The second-order valence-corrected chi connectivity index (χ2v) is 4.32. The van der Waals surface area contributed by atoms with Gasteiger partial charge < -0.3 is 10.1 Å². The lowest BCUT2D eigenvalue weighted by Crippen LogP contribution is -2.36. The summed E-state index contributed by atoms with van der Waals surface area (Å²) in [5, 5.41) is 3.09. The molecule has 1 N–H and O–H groups in total. The molecular formula is C13H17NO2. The van der Waals surface area contributed by atoms with Gasteiger partial charge in [-0.1, -0.05) is 13.0 Å². The smallest absolute Gasteiger partial charge is 0.251 e. The molecule has 1 aromatic rings. The normalized spacial score (nSPS) is 16.6. The highest BCUT2D eigenvalue weighted by molar-refractivity contribution is 5.95. The van der Waals surface area contributed by atoms with Gasteiger partial charge in [0, 0.05) is 11.1 Å². The molecule has 0 aromatic heterocycles. The van der Waals surface area contributed by atoms with Gasteiger partial charge in [0.2, 0.25) is 0 Å². The minimum atomic E-state index is -0.00162. The van der Waals surface area contributed by atoms with E-state index in [1.807, 2.05) is 18.2 Å². The number of nitrogens with one attached hydrogen (secondary N) is 1. The Balaban J connectivity index is 2.08. The molecule has 1 saturated carbocycles. The van der Waals surface area contributed by atoms with E-state index in [-0.39, 0.29) is 11.4 Å². The molecule has 0 radical (unpaired) electrons. The lowest BCUT2D eigenvalue weighted by molar-refractivity contribution is 0.0930. The first-order chi connectivity index (χ1) is 7.69. The third kappa shape index (κ3) is 2.18. The van der Waals surface area contributed by atoms with Crippen molar-refractivity contribution in [1.82, 2.24) is 5.32 Å². The van der Waals surface area contributed by atoms with Gasteiger partial charge in [-0.05, 0) is 37.5 Å². The van der Waals surface area contributed by atoms with Gasteiger partial charge in [0.1, 0.15) is 5.75 Å². The molecule has 1 aliphatic rings. The van der Waals surface area contributed by atoms with Crippen LogP contribution in [0.15, 0.2) is 24.3 Å². The van der Waals surface area contributed by atoms with Crippen molar-refractivity contribution in [1.29, 1.82) is 0 Å². The Morgan fingerprint density at radius 2 is 2.25 bits per heavy atom. The van der Waals surface area contributed by atoms with Crippen LogP contribution in [0, 0.1) is 0 Å². The second-order valence-electron chi connectivity index (χ2n) is 4.32. The van der Waals surface area contributed by atoms with Crippen LogP contribution in [0.2, 0.25) is 0 Å². The van der Waals surface area contributed by atoms with Gasteiger partial charge >= 0.3 is 0 Å². The van der Waals surface area contributed by atoms with Crippen LogP contribution in [0.4, 0.5) is 0 Å². The van der Waals surface area contributed by atoms with Crippen LogP contribution in [0.1, 0.15) is 36.5 Å². The van der Waals surface area contributed by atoms with E-state index < -0.39 is 0 Å². The van der Waals surface area contributed by atoms with Gasteiger partial charge in [0.05, 0.1) is 7.11 Å². The van der Waals surface area contributed by atoms with Crippen molar-refractivity contribution in [2.75, 3.05) is 7.11 Å². The summed E-state index contributed by atoms with van der Waals surface area (Å²) < 4.78 is 5.10. The molecule has 1 aromatic carbocycles. The highest BCUT2D eigenvalue weighted by Crippen LogP contribution is 2.38. The van der Waals surface area contributed by atoms with Crippen molar-refractivity contribution in [3.63, 3.8) is 0 Å². The summed E-state index contributed by atoms with van der Waals surface area (Å²) in [6.45, 7) is 2.11. The van der Waals surface area contributed by atoms with E-state index in [0.29, 0.717) is 11.3 Å². The fourth-order valence-corrected chi connectivity index (χ4v) is 1.80. The molecule has 1 amide bonds. The Labute approximate surface area is 95.8 Å². The highest BCUT2D eigenvalue weighted by atomic mass is 16.5. The summed E-state index contributed by atoms with van der Waals surface area (Å²) in [5.41, 5.74) is 0.735. The van der Waals surface area contributed by atoms with E-state index >= 15 is 0 Å². The number of hydrogen-bond acceptors (Lipinski definition) is 2. The van der Waals surface area contributed by atoms with Crippen molar-refractivity contribution in [3.8, 4) is 5.75 Å². The van der Waals surface area contributed by atoms with Crippen molar-refractivity contribution in [3.05, 3.63) is 29.8 Å². The van der Waals surface area contributed by atoms with E-state index in [9.17, 15) is 4.79 Å². The Hall–Kier alpha value is -1.51. The minimum absolute atomic E-state index is 0.00162. The average Bonchev–Trinajstić information content (AvgIpc) is 3.09. The van der Waals surface area contributed by atoms with Crippen molar-refractivity contribution >= 4 is 5.91 Å². The Morgan fingerprint density at radius 1 is 1.50 bits per heavy atom. The van der Waals surface area contributed by atoms with E-state index in [4.69, 9.17) is 4.74 Å². The first-order valence-electron chi connectivity index (χ1n) is 5.66.